The Morgan fingerprint density at radius 2 is 1.89 bits per heavy atom. The van der Waals surface area contributed by atoms with Crippen LogP contribution in [-0.4, -0.2) is 64.4 Å². The minimum absolute atomic E-state index is 0.0675. The minimum atomic E-state index is -0.603. The molecule has 0 fully saturated rings. The number of nitrogens with zero attached hydrogens (tertiary/aromatic N) is 4. The third-order valence-corrected chi connectivity index (χ3v) is 8.59. The number of carbonyl (C=O) groups excluding carboxylic acids is 3. The van der Waals surface area contributed by atoms with Gasteiger partial charge in [-0.1, -0.05) is 18.7 Å². The van der Waals surface area contributed by atoms with Crippen LogP contribution in [-0.2, 0) is 16.1 Å². The summed E-state index contributed by atoms with van der Waals surface area (Å²) in [5.74, 6) is -0.302. The fraction of sp³-hybridized carbons (Fsp3) is 0.435. The van der Waals surface area contributed by atoms with Crippen LogP contribution in [0.2, 0.25) is 0 Å². The van der Waals surface area contributed by atoms with Crippen LogP contribution >= 0.6 is 34.4 Å². The molecule has 0 saturated heterocycles. The maximum atomic E-state index is 12.8. The van der Waals surface area contributed by atoms with E-state index in [9.17, 15) is 14.4 Å². The number of thiophene rings is 2. The highest BCUT2D eigenvalue weighted by molar-refractivity contribution is 7.99. The van der Waals surface area contributed by atoms with Gasteiger partial charge in [-0.05, 0) is 38.3 Å². The summed E-state index contributed by atoms with van der Waals surface area (Å²) in [5.41, 5.74) is 2.91. The molecule has 0 spiro atoms. The first-order valence-corrected chi connectivity index (χ1v) is 13.6. The van der Waals surface area contributed by atoms with Crippen LogP contribution in [0.1, 0.15) is 49.4 Å². The first-order chi connectivity index (χ1) is 16.6. The van der Waals surface area contributed by atoms with Gasteiger partial charge in [-0.3, -0.25) is 9.59 Å². The molecule has 3 aromatic heterocycles. The van der Waals surface area contributed by atoms with Gasteiger partial charge in [0.1, 0.15) is 5.00 Å². The van der Waals surface area contributed by atoms with Crippen molar-refractivity contribution in [1.29, 1.82) is 0 Å². The lowest BCUT2D eigenvalue weighted by molar-refractivity contribution is -0.113. The molecule has 0 saturated carbocycles. The number of hydrogen-bond acceptors (Lipinski definition) is 9. The molecule has 3 heterocycles. The molecule has 9 nitrogen and oxygen atoms in total. The van der Waals surface area contributed by atoms with Gasteiger partial charge in [0.25, 0.3) is 5.91 Å². The van der Waals surface area contributed by atoms with E-state index in [1.807, 2.05) is 4.57 Å². The summed E-state index contributed by atoms with van der Waals surface area (Å²) < 4.78 is 6.92. The highest BCUT2D eigenvalue weighted by atomic mass is 32.2. The molecule has 0 aliphatic carbocycles. The molecule has 0 aliphatic rings. The SMILES string of the molecule is CCCn1c(SCC(=O)Nc2sc(C(=O)N(C)C)c(C)c2C(=O)OC)nnc1-c1csc(C)c1C. The summed E-state index contributed by atoms with van der Waals surface area (Å²) in [6.45, 7) is 8.64. The zero-order valence-electron chi connectivity index (χ0n) is 20.8. The standard InChI is InChI=1S/C23H29N5O4S3/c1-8-9-28-19(15-10-33-14(4)12(15)2)25-26-23(28)34-11-16(29)24-20-17(22(31)32-7)13(3)18(35-20)21(30)27(5)6/h10H,8-9,11H2,1-7H3,(H,24,29). The van der Waals surface area contributed by atoms with Crippen molar-refractivity contribution in [3.63, 3.8) is 0 Å². The number of ether oxygens (including phenoxy) is 1. The van der Waals surface area contributed by atoms with Crippen molar-refractivity contribution in [1.82, 2.24) is 19.7 Å². The Morgan fingerprint density at radius 3 is 2.46 bits per heavy atom. The average Bonchev–Trinajstić information content (AvgIpc) is 3.47. The molecule has 0 unspecified atom stereocenters. The van der Waals surface area contributed by atoms with Gasteiger partial charge in [-0.2, -0.15) is 0 Å². The minimum Gasteiger partial charge on any atom is -0.465 e. The van der Waals surface area contributed by atoms with Crippen molar-refractivity contribution < 1.29 is 19.1 Å². The predicted octanol–water partition coefficient (Wildman–Crippen LogP) is 4.62. The summed E-state index contributed by atoms with van der Waals surface area (Å²) in [4.78, 5) is 40.8. The van der Waals surface area contributed by atoms with Gasteiger partial charge in [0.15, 0.2) is 11.0 Å². The number of hydrogen-bond donors (Lipinski definition) is 1. The number of carbonyl (C=O) groups is 3. The number of amides is 2. The number of thioether (sulfide) groups is 1. The molecule has 0 aliphatic heterocycles. The molecular weight excluding hydrogens is 506 g/mol. The Morgan fingerprint density at radius 1 is 1.17 bits per heavy atom. The van der Waals surface area contributed by atoms with Crippen molar-refractivity contribution in [2.24, 2.45) is 0 Å². The summed E-state index contributed by atoms with van der Waals surface area (Å²) in [6.07, 6.45) is 0.895. The largest absolute Gasteiger partial charge is 0.465 e. The van der Waals surface area contributed by atoms with Gasteiger partial charge in [0.05, 0.1) is 23.3 Å². The summed E-state index contributed by atoms with van der Waals surface area (Å²) in [5, 5.41) is 14.6. The molecule has 0 aromatic carbocycles. The fourth-order valence-corrected chi connectivity index (χ4v) is 6.26. The van der Waals surface area contributed by atoms with E-state index >= 15 is 0 Å². The molecule has 0 bridgehead atoms. The lowest BCUT2D eigenvalue weighted by atomic mass is 10.1. The first kappa shape index (κ1) is 26.9. The van der Waals surface area contributed by atoms with E-state index in [0.717, 1.165) is 35.7 Å². The highest BCUT2D eigenvalue weighted by Crippen LogP contribution is 2.35. The third-order valence-electron chi connectivity index (χ3n) is 5.41. The lowest BCUT2D eigenvalue weighted by Crippen LogP contribution is -2.21. The number of aryl methyl sites for hydroxylation is 1. The third kappa shape index (κ3) is 5.60. The monoisotopic (exact) mass is 535 g/mol. The molecule has 2 amide bonds. The number of aromatic nitrogens is 3. The highest BCUT2D eigenvalue weighted by Gasteiger charge is 2.27. The Labute approximate surface area is 216 Å². The zero-order valence-corrected chi connectivity index (χ0v) is 23.3. The number of nitrogens with one attached hydrogen (secondary N) is 1. The van der Waals surface area contributed by atoms with Crippen LogP contribution in [0.5, 0.6) is 0 Å². The van der Waals surface area contributed by atoms with Gasteiger partial charge >= 0.3 is 5.97 Å². The van der Waals surface area contributed by atoms with E-state index in [0.29, 0.717) is 20.6 Å². The van der Waals surface area contributed by atoms with Gasteiger partial charge in [0, 0.05) is 36.5 Å². The quantitative estimate of drug-likeness (QED) is 0.315. The van der Waals surface area contributed by atoms with Gasteiger partial charge in [0.2, 0.25) is 5.91 Å². The van der Waals surface area contributed by atoms with Crippen LogP contribution < -0.4 is 5.32 Å². The van der Waals surface area contributed by atoms with E-state index < -0.39 is 5.97 Å². The average molecular weight is 536 g/mol. The first-order valence-electron chi connectivity index (χ1n) is 10.9. The van der Waals surface area contributed by atoms with E-state index in [1.54, 1.807) is 32.4 Å². The Kier molecular flexibility index (Phi) is 8.73. The fourth-order valence-electron chi connectivity index (χ4n) is 3.40. The van der Waals surface area contributed by atoms with Crippen LogP contribution in [0, 0.1) is 20.8 Å². The van der Waals surface area contributed by atoms with Crippen molar-refractivity contribution in [2.45, 2.75) is 45.8 Å². The maximum absolute atomic E-state index is 12.8. The maximum Gasteiger partial charge on any atom is 0.341 e. The second-order valence-electron chi connectivity index (χ2n) is 8.08. The molecule has 12 heteroatoms. The molecule has 1 N–H and O–H groups in total. The normalized spacial score (nSPS) is 10.9. The summed E-state index contributed by atoms with van der Waals surface area (Å²) in [6, 6.07) is 0. The summed E-state index contributed by atoms with van der Waals surface area (Å²) >= 11 is 4.02. The number of esters is 1. The molecule has 35 heavy (non-hydrogen) atoms. The van der Waals surface area contributed by atoms with Crippen LogP contribution in [0.3, 0.4) is 0 Å². The second-order valence-corrected chi connectivity index (χ2v) is 11.1. The molecule has 0 radical (unpaired) electrons. The predicted molar refractivity (Wildman–Crippen MR) is 141 cm³/mol. The van der Waals surface area contributed by atoms with Gasteiger partial charge in [-0.15, -0.1) is 32.9 Å². The lowest BCUT2D eigenvalue weighted by Gasteiger charge is -2.09. The number of rotatable bonds is 9. The van der Waals surface area contributed by atoms with Crippen molar-refractivity contribution in [3.8, 4) is 11.4 Å². The smallest absolute Gasteiger partial charge is 0.341 e. The number of anilines is 1. The second kappa shape index (κ2) is 11.4. The van der Waals surface area contributed by atoms with Crippen LogP contribution in [0.15, 0.2) is 10.5 Å². The molecule has 3 aromatic rings. The summed E-state index contributed by atoms with van der Waals surface area (Å²) in [7, 11) is 4.53. The van der Waals surface area contributed by atoms with E-state index in [4.69, 9.17) is 4.74 Å². The Bertz CT molecular complexity index is 1260. The van der Waals surface area contributed by atoms with Crippen LogP contribution in [0.25, 0.3) is 11.4 Å². The Hall–Kier alpha value is -2.70. The van der Waals surface area contributed by atoms with Crippen molar-refractivity contribution in [2.75, 3.05) is 32.3 Å². The van der Waals surface area contributed by atoms with Crippen molar-refractivity contribution >= 4 is 57.2 Å². The Balaban J connectivity index is 1.81. The van der Waals surface area contributed by atoms with Gasteiger partial charge in [-0.25, -0.2) is 4.79 Å². The van der Waals surface area contributed by atoms with Crippen LogP contribution in [0.4, 0.5) is 5.00 Å². The molecule has 0 atom stereocenters. The van der Waals surface area contributed by atoms with E-state index in [2.05, 4.69) is 41.7 Å². The van der Waals surface area contributed by atoms with E-state index in [-0.39, 0.29) is 23.1 Å². The topological polar surface area (TPSA) is 106 Å². The van der Waals surface area contributed by atoms with Gasteiger partial charge < -0.3 is 19.5 Å². The van der Waals surface area contributed by atoms with E-state index in [1.165, 1.54) is 34.2 Å². The van der Waals surface area contributed by atoms with Crippen molar-refractivity contribution in [3.05, 3.63) is 31.8 Å². The molecule has 188 valence electrons. The molecule has 3 rings (SSSR count). The number of methoxy groups -OCH3 is 1. The zero-order chi connectivity index (χ0) is 25.9. The molecular formula is C23H29N5O4S3.